The maximum absolute atomic E-state index is 11.1. The Kier molecular flexibility index (Phi) is 3.00. The van der Waals surface area contributed by atoms with E-state index in [1.807, 2.05) is 0 Å². The molecule has 0 amide bonds. The van der Waals surface area contributed by atoms with Gasteiger partial charge in [-0.25, -0.2) is 0 Å². The van der Waals surface area contributed by atoms with Gasteiger partial charge in [0.05, 0.1) is 10.6 Å². The fraction of sp³-hybridized carbons (Fsp3) is 0.100. The first-order chi connectivity index (χ1) is 6.61. The lowest BCUT2D eigenvalue weighted by molar-refractivity contribution is 0.100. The number of nitriles is 1. The lowest BCUT2D eigenvalue weighted by Crippen LogP contribution is -2.01. The minimum Gasteiger partial charge on any atom is -0.298 e. The van der Waals surface area contributed by atoms with Crippen molar-refractivity contribution in [2.75, 3.05) is 0 Å². The molecule has 0 saturated heterocycles. The molecule has 0 saturated carbocycles. The first-order valence-corrected chi connectivity index (χ1v) is 4.18. The molecule has 0 aromatic heterocycles. The Morgan fingerprint density at radius 2 is 2.21 bits per heavy atom. The summed E-state index contributed by atoms with van der Waals surface area (Å²) in [4.78, 5) is 21.8. The van der Waals surface area contributed by atoms with Gasteiger partial charge in [0.1, 0.15) is 6.07 Å². The maximum atomic E-state index is 11.1. The Balaban J connectivity index is 3.58. The van der Waals surface area contributed by atoms with Gasteiger partial charge in [-0.05, 0) is 19.1 Å². The van der Waals surface area contributed by atoms with Gasteiger partial charge in [-0.3, -0.25) is 9.59 Å². The van der Waals surface area contributed by atoms with E-state index in [0.717, 1.165) is 0 Å². The summed E-state index contributed by atoms with van der Waals surface area (Å²) in [6, 6.07) is 4.67. The topological polar surface area (TPSA) is 57.9 Å². The number of nitrogens with zero attached hydrogens (tertiary/aromatic N) is 1. The van der Waals surface area contributed by atoms with Crippen LogP contribution < -0.4 is 0 Å². The van der Waals surface area contributed by atoms with Gasteiger partial charge in [-0.1, -0.05) is 11.6 Å². The number of benzene rings is 1. The van der Waals surface area contributed by atoms with E-state index in [1.165, 1.54) is 19.1 Å². The molecule has 0 aliphatic heterocycles. The Hall–Kier alpha value is -1.66. The minimum absolute atomic E-state index is 0.0503. The van der Waals surface area contributed by atoms with Gasteiger partial charge in [0.15, 0.2) is 12.1 Å². The average Bonchev–Trinajstić information content (AvgIpc) is 2.16. The Bertz CT molecular complexity index is 446. The molecule has 70 valence electrons. The summed E-state index contributed by atoms with van der Waals surface area (Å²) in [6.45, 7) is 1.33. The second-order valence-electron chi connectivity index (χ2n) is 2.67. The predicted molar refractivity (Wildman–Crippen MR) is 51.6 cm³/mol. The molecule has 0 N–H and O–H groups in total. The van der Waals surface area contributed by atoms with Gasteiger partial charge >= 0.3 is 0 Å². The SMILES string of the molecule is CC(=O)c1ccc(Cl)c(C#N)c1C=O. The van der Waals surface area contributed by atoms with Crippen LogP contribution in [0.1, 0.15) is 33.2 Å². The first kappa shape index (κ1) is 10.4. The lowest BCUT2D eigenvalue weighted by atomic mass is 10.0. The van der Waals surface area contributed by atoms with Crippen molar-refractivity contribution in [2.45, 2.75) is 6.92 Å². The summed E-state index contributed by atoms with van der Waals surface area (Å²) in [5, 5.41) is 8.91. The van der Waals surface area contributed by atoms with Crippen molar-refractivity contribution in [1.29, 1.82) is 5.26 Å². The van der Waals surface area contributed by atoms with Crippen LogP contribution >= 0.6 is 11.6 Å². The van der Waals surface area contributed by atoms with Crippen molar-refractivity contribution >= 4 is 23.7 Å². The number of ketones is 1. The molecule has 0 radical (unpaired) electrons. The van der Waals surface area contributed by atoms with Crippen LogP contribution in [0.15, 0.2) is 12.1 Å². The van der Waals surface area contributed by atoms with Crippen LogP contribution in [0, 0.1) is 11.3 Å². The van der Waals surface area contributed by atoms with Crippen molar-refractivity contribution in [3.05, 3.63) is 33.8 Å². The zero-order chi connectivity index (χ0) is 10.7. The second kappa shape index (κ2) is 4.03. The fourth-order valence-electron chi connectivity index (χ4n) is 1.14. The molecular formula is C10H6ClNO2. The zero-order valence-corrected chi connectivity index (χ0v) is 8.13. The molecule has 3 nitrogen and oxygen atoms in total. The fourth-order valence-corrected chi connectivity index (χ4v) is 1.34. The smallest absolute Gasteiger partial charge is 0.160 e. The Labute approximate surface area is 85.9 Å². The molecule has 0 fully saturated rings. The summed E-state index contributed by atoms with van der Waals surface area (Å²) < 4.78 is 0. The van der Waals surface area contributed by atoms with Crippen LogP contribution in [-0.2, 0) is 0 Å². The van der Waals surface area contributed by atoms with Crippen molar-refractivity contribution < 1.29 is 9.59 Å². The molecule has 14 heavy (non-hydrogen) atoms. The first-order valence-electron chi connectivity index (χ1n) is 3.80. The number of aldehydes is 1. The van der Waals surface area contributed by atoms with Gasteiger partial charge in [0.25, 0.3) is 0 Å². The molecular weight excluding hydrogens is 202 g/mol. The molecule has 0 bridgehead atoms. The molecule has 1 aromatic rings. The molecule has 0 aliphatic rings. The number of carbonyl (C=O) groups is 2. The molecule has 1 aromatic carbocycles. The number of Topliss-reactive ketones (excluding diaryl/α,β-unsaturated/α-hetero) is 1. The number of carbonyl (C=O) groups excluding carboxylic acids is 2. The molecule has 0 atom stereocenters. The number of halogens is 1. The summed E-state index contributed by atoms with van der Waals surface area (Å²) >= 11 is 5.69. The van der Waals surface area contributed by atoms with Crippen molar-refractivity contribution in [3.63, 3.8) is 0 Å². The van der Waals surface area contributed by atoms with E-state index in [-0.39, 0.29) is 27.5 Å². The minimum atomic E-state index is -0.264. The largest absolute Gasteiger partial charge is 0.298 e. The van der Waals surface area contributed by atoms with Gasteiger partial charge in [0, 0.05) is 11.1 Å². The number of hydrogen-bond acceptors (Lipinski definition) is 3. The van der Waals surface area contributed by atoms with E-state index < -0.39 is 0 Å². The number of hydrogen-bond donors (Lipinski definition) is 0. The molecule has 0 unspecified atom stereocenters. The summed E-state index contributed by atoms with van der Waals surface area (Å²) in [5.41, 5.74) is 0.336. The van der Waals surface area contributed by atoms with E-state index >= 15 is 0 Å². The quantitative estimate of drug-likeness (QED) is 0.552. The molecule has 4 heteroatoms. The summed E-state index contributed by atoms with van der Waals surface area (Å²) in [7, 11) is 0. The van der Waals surface area contributed by atoms with Crippen LogP contribution in [-0.4, -0.2) is 12.1 Å². The summed E-state index contributed by atoms with van der Waals surface area (Å²) in [6.07, 6.45) is 0.473. The van der Waals surface area contributed by atoms with Gasteiger partial charge in [0.2, 0.25) is 0 Å². The molecule has 0 heterocycles. The summed E-state index contributed by atoms with van der Waals surface area (Å²) in [5.74, 6) is -0.264. The van der Waals surface area contributed by atoms with Crippen molar-refractivity contribution in [1.82, 2.24) is 0 Å². The second-order valence-corrected chi connectivity index (χ2v) is 3.08. The standard InChI is InChI=1S/C10H6ClNO2/c1-6(14)7-2-3-10(11)8(4-12)9(7)5-13/h2-3,5H,1H3. The molecule has 0 aliphatic carbocycles. The molecule has 1 rings (SSSR count). The van der Waals surface area contributed by atoms with E-state index in [9.17, 15) is 9.59 Å². The van der Waals surface area contributed by atoms with Crippen LogP contribution in [0.3, 0.4) is 0 Å². The van der Waals surface area contributed by atoms with Crippen molar-refractivity contribution in [3.8, 4) is 6.07 Å². The highest BCUT2D eigenvalue weighted by Gasteiger charge is 2.13. The van der Waals surface area contributed by atoms with Gasteiger partial charge in [-0.15, -0.1) is 0 Å². The van der Waals surface area contributed by atoms with Crippen LogP contribution in [0.25, 0.3) is 0 Å². The third-order valence-electron chi connectivity index (χ3n) is 1.80. The zero-order valence-electron chi connectivity index (χ0n) is 7.37. The van der Waals surface area contributed by atoms with E-state index in [0.29, 0.717) is 6.29 Å². The van der Waals surface area contributed by atoms with E-state index in [4.69, 9.17) is 16.9 Å². The lowest BCUT2D eigenvalue weighted by Gasteiger charge is -2.03. The van der Waals surface area contributed by atoms with Crippen LogP contribution in [0.2, 0.25) is 5.02 Å². The van der Waals surface area contributed by atoms with Crippen LogP contribution in [0.5, 0.6) is 0 Å². The third-order valence-corrected chi connectivity index (χ3v) is 2.12. The van der Waals surface area contributed by atoms with Crippen molar-refractivity contribution in [2.24, 2.45) is 0 Å². The van der Waals surface area contributed by atoms with Gasteiger partial charge in [-0.2, -0.15) is 5.26 Å². The maximum Gasteiger partial charge on any atom is 0.160 e. The monoisotopic (exact) mass is 207 g/mol. The third kappa shape index (κ3) is 1.66. The highest BCUT2D eigenvalue weighted by molar-refractivity contribution is 6.32. The van der Waals surface area contributed by atoms with Gasteiger partial charge < -0.3 is 0 Å². The Morgan fingerprint density at radius 3 is 2.64 bits per heavy atom. The molecule has 0 spiro atoms. The van der Waals surface area contributed by atoms with E-state index in [2.05, 4.69) is 0 Å². The normalized spacial score (nSPS) is 9.21. The van der Waals surface area contributed by atoms with Crippen LogP contribution in [0.4, 0.5) is 0 Å². The highest BCUT2D eigenvalue weighted by Crippen LogP contribution is 2.21. The Morgan fingerprint density at radius 1 is 1.57 bits per heavy atom. The predicted octanol–water partition coefficient (Wildman–Crippen LogP) is 2.23. The average molecular weight is 208 g/mol. The highest BCUT2D eigenvalue weighted by atomic mass is 35.5. The van der Waals surface area contributed by atoms with E-state index in [1.54, 1.807) is 6.07 Å². The number of rotatable bonds is 2.